The third-order valence-electron chi connectivity index (χ3n) is 3.95. The maximum Gasteiger partial charge on any atom is 0.429 e. The van der Waals surface area contributed by atoms with Crippen LogP contribution in [-0.2, 0) is 9.59 Å². The Labute approximate surface area is 122 Å². The van der Waals surface area contributed by atoms with E-state index < -0.39 is 29.7 Å². The van der Waals surface area contributed by atoms with Gasteiger partial charge in [-0.2, -0.15) is 4.90 Å². The van der Waals surface area contributed by atoms with Crippen LogP contribution in [0.4, 0.5) is 4.79 Å². The zero-order chi connectivity index (χ0) is 15.0. The number of allylic oxidation sites excluding steroid dienone is 2. The first-order valence-electron chi connectivity index (χ1n) is 6.88. The van der Waals surface area contributed by atoms with Crippen molar-refractivity contribution in [3.63, 3.8) is 0 Å². The van der Waals surface area contributed by atoms with E-state index in [9.17, 15) is 14.4 Å². The molecule has 1 aromatic rings. The number of para-hydroxylation sites is 1. The molecule has 3 rings (SSSR count). The van der Waals surface area contributed by atoms with Crippen LogP contribution in [0.2, 0.25) is 0 Å². The Bertz CT molecular complexity index is 635. The number of hydrogen-bond donors (Lipinski definition) is 0. The molecule has 21 heavy (non-hydrogen) atoms. The molecule has 0 aromatic heterocycles. The molecule has 3 amide bonds. The highest BCUT2D eigenvalue weighted by molar-refractivity contribution is 6.16. The van der Waals surface area contributed by atoms with Crippen molar-refractivity contribution in [1.82, 2.24) is 4.90 Å². The summed E-state index contributed by atoms with van der Waals surface area (Å²) < 4.78 is 5.10. The Morgan fingerprint density at radius 1 is 1.14 bits per heavy atom. The number of benzene rings is 1. The molecule has 2 unspecified atom stereocenters. The van der Waals surface area contributed by atoms with Crippen molar-refractivity contribution in [2.24, 2.45) is 11.8 Å². The number of nitrogens with zero attached hydrogens (tertiary/aromatic N) is 1. The average Bonchev–Trinajstić information content (AvgIpc) is 2.71. The minimum Gasteiger partial charge on any atom is -0.410 e. The fourth-order valence-electron chi connectivity index (χ4n) is 2.85. The summed E-state index contributed by atoms with van der Waals surface area (Å²) in [5.41, 5.74) is 1.08. The zero-order valence-electron chi connectivity index (χ0n) is 11.6. The van der Waals surface area contributed by atoms with Crippen LogP contribution in [0.15, 0.2) is 42.0 Å². The molecular formula is C16H15NO4. The van der Waals surface area contributed by atoms with Gasteiger partial charge in [0.1, 0.15) is 5.75 Å². The van der Waals surface area contributed by atoms with Crippen LogP contribution in [0.1, 0.15) is 19.8 Å². The van der Waals surface area contributed by atoms with Gasteiger partial charge in [-0.1, -0.05) is 29.8 Å². The van der Waals surface area contributed by atoms with Gasteiger partial charge in [-0.15, -0.1) is 0 Å². The maximum absolute atomic E-state index is 12.3. The van der Waals surface area contributed by atoms with Gasteiger partial charge in [-0.05, 0) is 31.9 Å². The van der Waals surface area contributed by atoms with Gasteiger partial charge in [0.15, 0.2) is 0 Å². The average molecular weight is 285 g/mol. The summed E-state index contributed by atoms with van der Waals surface area (Å²) >= 11 is 0. The highest BCUT2D eigenvalue weighted by atomic mass is 16.6. The number of carbonyl (C=O) groups excluding carboxylic acids is 3. The Morgan fingerprint density at radius 2 is 1.81 bits per heavy atom. The molecular weight excluding hydrogens is 270 g/mol. The first kappa shape index (κ1) is 13.5. The van der Waals surface area contributed by atoms with E-state index in [0.717, 1.165) is 5.57 Å². The largest absolute Gasteiger partial charge is 0.429 e. The van der Waals surface area contributed by atoms with Gasteiger partial charge >= 0.3 is 6.09 Å². The first-order valence-corrected chi connectivity index (χ1v) is 6.88. The molecule has 1 saturated heterocycles. The molecule has 0 saturated carbocycles. The second-order valence-corrected chi connectivity index (χ2v) is 5.40. The van der Waals surface area contributed by atoms with E-state index in [4.69, 9.17) is 4.74 Å². The van der Waals surface area contributed by atoms with Gasteiger partial charge in [-0.25, -0.2) is 4.79 Å². The minimum absolute atomic E-state index is 0.312. The topological polar surface area (TPSA) is 63.7 Å². The molecule has 1 aliphatic carbocycles. The van der Waals surface area contributed by atoms with Crippen molar-refractivity contribution >= 4 is 17.9 Å². The third kappa shape index (κ3) is 2.35. The quantitative estimate of drug-likeness (QED) is 0.587. The van der Waals surface area contributed by atoms with Crippen LogP contribution in [0.3, 0.4) is 0 Å². The number of ether oxygens (including phenoxy) is 1. The summed E-state index contributed by atoms with van der Waals surface area (Å²) in [5.74, 6) is -1.43. The number of hydrogen-bond acceptors (Lipinski definition) is 4. The summed E-state index contributed by atoms with van der Waals surface area (Å²) in [6.07, 6.45) is 2.09. The minimum atomic E-state index is -0.914. The summed E-state index contributed by atoms with van der Waals surface area (Å²) in [4.78, 5) is 37.3. The number of amides is 3. The van der Waals surface area contributed by atoms with Gasteiger partial charge in [0.25, 0.3) is 0 Å². The van der Waals surface area contributed by atoms with E-state index in [1.165, 1.54) is 0 Å². The Balaban J connectivity index is 1.79. The van der Waals surface area contributed by atoms with Crippen LogP contribution in [0.5, 0.6) is 5.75 Å². The predicted molar refractivity (Wildman–Crippen MR) is 74.3 cm³/mol. The smallest absolute Gasteiger partial charge is 0.410 e. The highest BCUT2D eigenvalue weighted by Gasteiger charge is 2.51. The molecule has 1 aliphatic heterocycles. The van der Waals surface area contributed by atoms with Gasteiger partial charge < -0.3 is 4.74 Å². The van der Waals surface area contributed by atoms with Crippen LogP contribution >= 0.6 is 0 Å². The van der Waals surface area contributed by atoms with Crippen LogP contribution < -0.4 is 4.74 Å². The van der Waals surface area contributed by atoms with E-state index in [0.29, 0.717) is 23.5 Å². The molecule has 1 fully saturated rings. The van der Waals surface area contributed by atoms with E-state index >= 15 is 0 Å². The number of likely N-dealkylation sites (tertiary alicyclic amines) is 1. The Morgan fingerprint density at radius 3 is 2.52 bits per heavy atom. The molecule has 0 spiro atoms. The first-order chi connectivity index (χ1) is 10.1. The molecule has 0 N–H and O–H groups in total. The van der Waals surface area contributed by atoms with Crippen LogP contribution in [0, 0.1) is 11.8 Å². The van der Waals surface area contributed by atoms with Crippen molar-refractivity contribution in [2.75, 3.05) is 0 Å². The van der Waals surface area contributed by atoms with Gasteiger partial charge in [-0.3, -0.25) is 9.59 Å². The monoisotopic (exact) mass is 285 g/mol. The molecule has 2 atom stereocenters. The van der Waals surface area contributed by atoms with Crippen molar-refractivity contribution in [3.8, 4) is 5.75 Å². The maximum atomic E-state index is 12.3. The highest BCUT2D eigenvalue weighted by Crippen LogP contribution is 2.37. The van der Waals surface area contributed by atoms with Crippen molar-refractivity contribution in [3.05, 3.63) is 42.0 Å². The fourth-order valence-corrected chi connectivity index (χ4v) is 2.85. The second kappa shape index (κ2) is 5.16. The van der Waals surface area contributed by atoms with E-state index in [1.807, 2.05) is 13.0 Å². The summed E-state index contributed by atoms with van der Waals surface area (Å²) in [6, 6.07) is 8.41. The number of fused-ring (bicyclic) bond motifs is 1. The molecule has 0 radical (unpaired) electrons. The second-order valence-electron chi connectivity index (χ2n) is 5.40. The number of imide groups is 3. The molecule has 5 nitrogen and oxygen atoms in total. The lowest BCUT2D eigenvalue weighted by Gasteiger charge is -2.18. The molecule has 2 aliphatic rings. The van der Waals surface area contributed by atoms with Crippen molar-refractivity contribution in [1.29, 1.82) is 0 Å². The number of rotatable bonds is 1. The normalized spacial score (nSPS) is 24.6. The predicted octanol–water partition coefficient (Wildman–Crippen LogP) is 2.53. The van der Waals surface area contributed by atoms with E-state index in [1.54, 1.807) is 30.3 Å². The Kier molecular flexibility index (Phi) is 3.33. The SMILES string of the molecule is CC1=CCC2C(=O)N(C(=O)Oc3ccccc3)C(=O)C2C1. The fraction of sp³-hybridized carbons (Fsp3) is 0.312. The lowest BCUT2D eigenvalue weighted by molar-refractivity contribution is -0.136. The van der Waals surface area contributed by atoms with E-state index in [2.05, 4.69) is 0 Å². The zero-order valence-corrected chi connectivity index (χ0v) is 11.6. The Hall–Kier alpha value is -2.43. The number of carbonyl (C=O) groups is 3. The van der Waals surface area contributed by atoms with E-state index in [-0.39, 0.29) is 0 Å². The lowest BCUT2D eigenvalue weighted by atomic mass is 9.82. The van der Waals surface area contributed by atoms with Crippen molar-refractivity contribution < 1.29 is 19.1 Å². The molecule has 5 heteroatoms. The summed E-state index contributed by atoms with van der Waals surface area (Å²) in [6.45, 7) is 1.93. The third-order valence-corrected chi connectivity index (χ3v) is 3.95. The van der Waals surface area contributed by atoms with Gasteiger partial charge in [0, 0.05) is 0 Å². The molecule has 1 aromatic carbocycles. The van der Waals surface area contributed by atoms with Crippen molar-refractivity contribution in [2.45, 2.75) is 19.8 Å². The van der Waals surface area contributed by atoms with Crippen LogP contribution in [-0.4, -0.2) is 22.8 Å². The summed E-state index contributed by atoms with van der Waals surface area (Å²) in [5, 5.41) is 0. The summed E-state index contributed by atoms with van der Waals surface area (Å²) in [7, 11) is 0. The molecule has 108 valence electrons. The standard InChI is InChI=1S/C16H15NO4/c1-10-7-8-12-13(9-10)15(19)17(14(12)18)16(20)21-11-5-3-2-4-6-11/h2-7,12-13H,8-9H2,1H3. The van der Waals surface area contributed by atoms with Gasteiger partial charge in [0.05, 0.1) is 11.8 Å². The lowest BCUT2D eigenvalue weighted by Crippen LogP contribution is -2.39. The van der Waals surface area contributed by atoms with Gasteiger partial charge in [0.2, 0.25) is 11.8 Å². The molecule has 1 heterocycles. The molecule has 0 bridgehead atoms. The van der Waals surface area contributed by atoms with Crippen LogP contribution in [0.25, 0.3) is 0 Å².